The molecule has 0 bridgehead atoms. The molecule has 0 N–H and O–H groups in total. The molecule has 0 saturated heterocycles. The van der Waals surface area contributed by atoms with Gasteiger partial charge in [-0.25, -0.2) is 0 Å². The summed E-state index contributed by atoms with van der Waals surface area (Å²) < 4.78 is 0. The topological polar surface area (TPSA) is 0 Å². The minimum Gasteiger partial charge on any atom is -0.0622 e. The van der Waals surface area contributed by atoms with Gasteiger partial charge in [0, 0.05) is 0 Å². The van der Waals surface area contributed by atoms with Crippen LogP contribution < -0.4 is 0 Å². The maximum Gasteiger partial charge on any atom is -0.00977 e. The largest absolute Gasteiger partial charge is 0.0622 e. The highest BCUT2D eigenvalue weighted by molar-refractivity contribution is 5.40. The van der Waals surface area contributed by atoms with Crippen molar-refractivity contribution in [1.29, 1.82) is 0 Å². The van der Waals surface area contributed by atoms with Crippen LogP contribution in [0, 0.1) is 13.8 Å². The van der Waals surface area contributed by atoms with E-state index >= 15 is 0 Å². The van der Waals surface area contributed by atoms with Crippen molar-refractivity contribution in [3.63, 3.8) is 0 Å². The summed E-state index contributed by atoms with van der Waals surface area (Å²) in [5.41, 5.74) is 6.27. The second-order valence-electron chi connectivity index (χ2n) is 6.20. The summed E-state index contributed by atoms with van der Waals surface area (Å²) in [5, 5.41) is 0. The minimum absolute atomic E-state index is 0.420. The van der Waals surface area contributed by atoms with Crippen LogP contribution in [-0.2, 0) is 11.8 Å². The van der Waals surface area contributed by atoms with E-state index in [9.17, 15) is 0 Å². The Morgan fingerprint density at radius 2 is 1.53 bits per heavy atom. The monoisotopic (exact) mass is 252 g/mol. The zero-order chi connectivity index (χ0) is 13.9. The first kappa shape index (κ1) is 13.9. The van der Waals surface area contributed by atoms with E-state index in [0.717, 1.165) is 0 Å². The first-order valence-electron chi connectivity index (χ1n) is 7.11. The van der Waals surface area contributed by atoms with E-state index in [4.69, 9.17) is 0 Å². The van der Waals surface area contributed by atoms with Crippen LogP contribution in [0.1, 0.15) is 42.5 Å². The molecule has 0 heterocycles. The van der Waals surface area contributed by atoms with Gasteiger partial charge in [-0.1, -0.05) is 73.5 Å². The number of fused-ring (bicyclic) bond motifs is 1. The molecular weight excluding hydrogens is 228 g/mol. The normalized spacial score (nSPS) is 15.4. The summed E-state index contributed by atoms with van der Waals surface area (Å²) in [4.78, 5) is 0. The molecule has 19 heavy (non-hydrogen) atoms. The molecule has 1 aliphatic carbocycles. The fourth-order valence-corrected chi connectivity index (χ4v) is 2.71. The summed E-state index contributed by atoms with van der Waals surface area (Å²) in [5.74, 6) is 0. The van der Waals surface area contributed by atoms with Crippen LogP contribution in [0.5, 0.6) is 0 Å². The molecule has 0 atom stereocenters. The Morgan fingerprint density at radius 1 is 0.842 bits per heavy atom. The summed E-state index contributed by atoms with van der Waals surface area (Å²) in [6, 6.07) is 17.1. The van der Waals surface area contributed by atoms with Crippen molar-refractivity contribution in [2.45, 2.75) is 46.0 Å². The lowest BCUT2D eigenvalue weighted by molar-refractivity contribution is 0.522. The molecule has 2 aromatic carbocycles. The van der Waals surface area contributed by atoms with Crippen LogP contribution in [0.3, 0.4) is 0 Å². The van der Waals surface area contributed by atoms with E-state index in [1.165, 1.54) is 24.0 Å². The van der Waals surface area contributed by atoms with Gasteiger partial charge >= 0.3 is 0 Å². The Labute approximate surface area is 117 Å². The fourth-order valence-electron chi connectivity index (χ4n) is 2.71. The van der Waals surface area contributed by atoms with Gasteiger partial charge in [0.15, 0.2) is 0 Å². The molecule has 0 saturated carbocycles. The summed E-state index contributed by atoms with van der Waals surface area (Å²) >= 11 is 0. The van der Waals surface area contributed by atoms with Crippen molar-refractivity contribution in [3.8, 4) is 0 Å². The van der Waals surface area contributed by atoms with Crippen molar-refractivity contribution in [2.24, 2.45) is 0 Å². The number of benzene rings is 2. The van der Waals surface area contributed by atoms with Crippen LogP contribution in [-0.4, -0.2) is 0 Å². The maximum atomic E-state index is 2.34. The Hall–Kier alpha value is -1.56. The Bertz CT molecular complexity index is 535. The summed E-state index contributed by atoms with van der Waals surface area (Å²) in [6.07, 6.45) is 2.58. The third-order valence-corrected chi connectivity index (χ3v) is 3.95. The zero-order valence-electron chi connectivity index (χ0n) is 12.5. The van der Waals surface area contributed by atoms with Crippen LogP contribution >= 0.6 is 0 Å². The van der Waals surface area contributed by atoms with Gasteiger partial charge in [-0.05, 0) is 43.2 Å². The van der Waals surface area contributed by atoms with Crippen LogP contribution in [0.15, 0.2) is 48.5 Å². The van der Waals surface area contributed by atoms with E-state index < -0.39 is 0 Å². The third kappa shape index (κ3) is 3.47. The van der Waals surface area contributed by atoms with Crippen molar-refractivity contribution in [1.82, 2.24) is 0 Å². The lowest BCUT2D eigenvalue weighted by Crippen LogP contribution is -2.11. The van der Waals surface area contributed by atoms with Gasteiger partial charge in [-0.15, -0.1) is 0 Å². The average Bonchev–Trinajstić information content (AvgIpc) is 2.66. The SMILES string of the molecule is Cc1ccc2c(c1)CCC2(C)C.Cc1ccccc1. The molecule has 1 aliphatic rings. The second-order valence-corrected chi connectivity index (χ2v) is 6.20. The Balaban J connectivity index is 0.000000163. The first-order valence-corrected chi connectivity index (χ1v) is 7.11. The number of rotatable bonds is 0. The molecule has 0 aliphatic heterocycles. The molecule has 100 valence electrons. The maximum absolute atomic E-state index is 2.34. The highest BCUT2D eigenvalue weighted by Gasteiger charge is 2.28. The van der Waals surface area contributed by atoms with E-state index in [-0.39, 0.29) is 0 Å². The molecule has 0 amide bonds. The van der Waals surface area contributed by atoms with Gasteiger partial charge in [0.1, 0.15) is 0 Å². The third-order valence-electron chi connectivity index (χ3n) is 3.95. The van der Waals surface area contributed by atoms with Crippen LogP contribution in [0.4, 0.5) is 0 Å². The van der Waals surface area contributed by atoms with Crippen LogP contribution in [0.2, 0.25) is 0 Å². The summed E-state index contributed by atoms with van der Waals surface area (Å²) in [7, 11) is 0. The van der Waals surface area contributed by atoms with E-state index in [0.29, 0.717) is 5.41 Å². The first-order chi connectivity index (χ1) is 8.99. The smallest absolute Gasteiger partial charge is 0.00977 e. The average molecular weight is 252 g/mol. The second kappa shape index (κ2) is 5.61. The van der Waals surface area contributed by atoms with Crippen LogP contribution in [0.25, 0.3) is 0 Å². The van der Waals surface area contributed by atoms with Gasteiger partial charge in [0.2, 0.25) is 0 Å². The lowest BCUT2D eigenvalue weighted by Gasteiger charge is -2.18. The van der Waals surface area contributed by atoms with Crippen molar-refractivity contribution < 1.29 is 0 Å². The molecular formula is C19H24. The van der Waals surface area contributed by atoms with Gasteiger partial charge in [0.05, 0.1) is 0 Å². The lowest BCUT2D eigenvalue weighted by atomic mass is 9.86. The predicted octanol–water partition coefficient (Wildman–Crippen LogP) is 5.21. The quantitative estimate of drug-likeness (QED) is 0.603. The van der Waals surface area contributed by atoms with Gasteiger partial charge in [-0.2, -0.15) is 0 Å². The molecule has 0 aromatic heterocycles. The molecule has 0 unspecified atom stereocenters. The molecule has 3 rings (SSSR count). The van der Waals surface area contributed by atoms with Crippen molar-refractivity contribution in [3.05, 3.63) is 70.8 Å². The number of aryl methyl sites for hydroxylation is 3. The van der Waals surface area contributed by atoms with Gasteiger partial charge in [0.25, 0.3) is 0 Å². The fraction of sp³-hybridized carbons (Fsp3) is 0.368. The molecule has 0 fully saturated rings. The Morgan fingerprint density at radius 3 is 2.11 bits per heavy atom. The summed E-state index contributed by atoms with van der Waals surface area (Å²) in [6.45, 7) is 8.94. The van der Waals surface area contributed by atoms with Crippen molar-refractivity contribution in [2.75, 3.05) is 0 Å². The highest BCUT2D eigenvalue weighted by atomic mass is 14.3. The van der Waals surface area contributed by atoms with Gasteiger partial charge < -0.3 is 0 Å². The predicted molar refractivity (Wildman–Crippen MR) is 83.7 cm³/mol. The molecule has 0 spiro atoms. The molecule has 0 radical (unpaired) electrons. The van der Waals surface area contributed by atoms with Gasteiger partial charge in [-0.3, -0.25) is 0 Å². The minimum atomic E-state index is 0.420. The van der Waals surface area contributed by atoms with E-state index in [1.807, 2.05) is 18.2 Å². The molecule has 0 nitrogen and oxygen atoms in total. The number of hydrogen-bond donors (Lipinski definition) is 0. The zero-order valence-corrected chi connectivity index (χ0v) is 12.5. The molecule has 2 aromatic rings. The Kier molecular flexibility index (Phi) is 4.09. The van der Waals surface area contributed by atoms with E-state index in [1.54, 1.807) is 11.1 Å². The van der Waals surface area contributed by atoms with E-state index in [2.05, 4.69) is 58.0 Å². The molecule has 0 heteroatoms. The van der Waals surface area contributed by atoms with Crippen molar-refractivity contribution >= 4 is 0 Å². The highest BCUT2D eigenvalue weighted by Crippen LogP contribution is 2.38. The standard InChI is InChI=1S/C12H16.C7H8/c1-9-4-5-11-10(8-9)6-7-12(11,2)3;1-7-5-3-2-4-6-7/h4-5,8H,6-7H2,1-3H3;2-6H,1H3. The number of hydrogen-bond acceptors (Lipinski definition) is 0.